The van der Waals surface area contributed by atoms with E-state index in [2.05, 4.69) is 37.2 Å². The number of ether oxygens (including phenoxy) is 2. The maximum absolute atomic E-state index is 12.9. The molecule has 35 heavy (non-hydrogen) atoms. The summed E-state index contributed by atoms with van der Waals surface area (Å²) in [7, 11) is 0. The summed E-state index contributed by atoms with van der Waals surface area (Å²) in [5.41, 5.74) is 0.860. The Hall–Kier alpha value is -3.30. The van der Waals surface area contributed by atoms with Crippen LogP contribution in [0.15, 0.2) is 93.9 Å². The van der Waals surface area contributed by atoms with Gasteiger partial charge in [-0.05, 0) is 65.2 Å². The van der Waals surface area contributed by atoms with Gasteiger partial charge in [0.15, 0.2) is 6.10 Å². The molecule has 3 aromatic carbocycles. The predicted octanol–water partition coefficient (Wildman–Crippen LogP) is 7.08. The number of nitrogens with one attached hydrogen (secondary N) is 1. The zero-order chi connectivity index (χ0) is 25.2. The minimum Gasteiger partial charge on any atom is -0.506 e. The van der Waals surface area contributed by atoms with Crippen LogP contribution >= 0.6 is 31.9 Å². The molecule has 0 bridgehead atoms. The van der Waals surface area contributed by atoms with E-state index in [9.17, 15) is 14.7 Å². The number of carboxylic acids is 1. The average Bonchev–Trinajstić information content (AvgIpc) is 2.83. The van der Waals surface area contributed by atoms with Gasteiger partial charge in [-0.2, -0.15) is 0 Å². The number of rotatable bonds is 10. The summed E-state index contributed by atoms with van der Waals surface area (Å²) in [5, 5.41) is 22.4. The van der Waals surface area contributed by atoms with Crippen molar-refractivity contribution in [3.8, 4) is 11.5 Å². The Kier molecular flexibility index (Phi) is 9.75. The van der Waals surface area contributed by atoms with Gasteiger partial charge in [0.05, 0.1) is 4.47 Å². The molecule has 0 aliphatic carbocycles. The average molecular weight is 605 g/mol. The number of allylic oxidation sites excluding steroid dienone is 1. The van der Waals surface area contributed by atoms with Crippen LogP contribution in [0.3, 0.4) is 0 Å². The number of halogens is 2. The minimum absolute atomic E-state index is 0.103. The first-order valence-corrected chi connectivity index (χ1v) is 12.2. The van der Waals surface area contributed by atoms with Crippen molar-refractivity contribution in [2.45, 2.75) is 25.0 Å². The third-order valence-corrected chi connectivity index (χ3v) is 5.93. The lowest BCUT2D eigenvalue weighted by Gasteiger charge is -2.29. The van der Waals surface area contributed by atoms with E-state index < -0.39 is 24.3 Å². The molecule has 182 valence electrons. The second-order valence-electron chi connectivity index (χ2n) is 7.43. The molecule has 9 heteroatoms. The van der Waals surface area contributed by atoms with Gasteiger partial charge < -0.3 is 19.7 Å². The van der Waals surface area contributed by atoms with Gasteiger partial charge in [0.2, 0.25) is 0 Å². The normalized spacial score (nSPS) is 12.6. The SMILES string of the molecule is O=C(O)/C=C/CC[C@H](Oc1ccccc1)[C@@H](OC(=O)Nc1ccccc1)c1cc(Br)cc(Br)c1O. The van der Waals surface area contributed by atoms with E-state index in [4.69, 9.17) is 14.6 Å². The van der Waals surface area contributed by atoms with E-state index in [-0.39, 0.29) is 5.75 Å². The number of phenolic OH excluding ortho intramolecular Hbond substituents is 1. The molecule has 0 fully saturated rings. The molecule has 0 aliphatic heterocycles. The first-order valence-electron chi connectivity index (χ1n) is 10.6. The Bertz CT molecular complexity index is 1170. The molecule has 0 heterocycles. The highest BCUT2D eigenvalue weighted by Crippen LogP contribution is 2.40. The fourth-order valence-electron chi connectivity index (χ4n) is 3.32. The van der Waals surface area contributed by atoms with Crippen LogP contribution in [-0.4, -0.2) is 28.4 Å². The van der Waals surface area contributed by atoms with E-state index in [0.29, 0.717) is 38.8 Å². The van der Waals surface area contributed by atoms with Crippen LogP contribution in [0.5, 0.6) is 11.5 Å². The number of benzene rings is 3. The van der Waals surface area contributed by atoms with E-state index >= 15 is 0 Å². The van der Waals surface area contributed by atoms with Crippen molar-refractivity contribution in [3.05, 3.63) is 99.5 Å². The highest BCUT2D eigenvalue weighted by atomic mass is 79.9. The van der Waals surface area contributed by atoms with Crippen LogP contribution in [0.4, 0.5) is 10.5 Å². The second kappa shape index (κ2) is 13.0. The molecule has 3 N–H and O–H groups in total. The van der Waals surface area contributed by atoms with Gasteiger partial charge in [0, 0.05) is 21.8 Å². The summed E-state index contributed by atoms with van der Waals surface area (Å²) in [6, 6.07) is 21.1. The molecule has 0 saturated carbocycles. The summed E-state index contributed by atoms with van der Waals surface area (Å²) >= 11 is 6.74. The number of carbonyl (C=O) groups excluding carboxylic acids is 1. The monoisotopic (exact) mass is 603 g/mol. The number of phenols is 1. The lowest BCUT2D eigenvalue weighted by molar-refractivity contribution is -0.131. The molecule has 0 aromatic heterocycles. The van der Waals surface area contributed by atoms with E-state index in [1.807, 2.05) is 24.3 Å². The highest BCUT2D eigenvalue weighted by Gasteiger charge is 2.32. The second-order valence-corrected chi connectivity index (χ2v) is 9.20. The maximum atomic E-state index is 12.9. The van der Waals surface area contributed by atoms with Gasteiger partial charge in [-0.1, -0.05) is 58.4 Å². The van der Waals surface area contributed by atoms with Crippen LogP contribution in [0.1, 0.15) is 24.5 Å². The zero-order valence-corrected chi connectivity index (χ0v) is 21.6. The first kappa shape index (κ1) is 26.3. The number of carboxylic acid groups (broad SMARTS) is 1. The number of aliphatic carboxylic acids is 1. The molecule has 3 rings (SSSR count). The predicted molar refractivity (Wildman–Crippen MR) is 140 cm³/mol. The van der Waals surface area contributed by atoms with Gasteiger partial charge in [-0.15, -0.1) is 0 Å². The molecule has 1 amide bonds. The molecule has 0 radical (unpaired) electrons. The van der Waals surface area contributed by atoms with Gasteiger partial charge >= 0.3 is 12.1 Å². The van der Waals surface area contributed by atoms with Gasteiger partial charge in [0.25, 0.3) is 0 Å². The Balaban J connectivity index is 1.97. The molecule has 0 unspecified atom stereocenters. The largest absolute Gasteiger partial charge is 0.506 e. The van der Waals surface area contributed by atoms with Crippen molar-refractivity contribution < 1.29 is 29.3 Å². The topological polar surface area (TPSA) is 105 Å². The molecule has 0 aliphatic rings. The maximum Gasteiger partial charge on any atom is 0.412 e. The van der Waals surface area contributed by atoms with Crippen LogP contribution < -0.4 is 10.1 Å². The van der Waals surface area contributed by atoms with Crippen LogP contribution in [-0.2, 0) is 9.53 Å². The van der Waals surface area contributed by atoms with Gasteiger partial charge in [-0.3, -0.25) is 5.32 Å². The highest BCUT2D eigenvalue weighted by molar-refractivity contribution is 9.11. The third kappa shape index (κ3) is 8.15. The lowest BCUT2D eigenvalue weighted by atomic mass is 9.99. The van der Waals surface area contributed by atoms with Crippen LogP contribution in [0, 0.1) is 0 Å². The van der Waals surface area contributed by atoms with Crippen molar-refractivity contribution in [3.63, 3.8) is 0 Å². The molecule has 0 saturated heterocycles. The Morgan fingerprint density at radius 3 is 2.31 bits per heavy atom. The van der Waals surface area contributed by atoms with Crippen LogP contribution in [0.25, 0.3) is 0 Å². The molecular weight excluding hydrogens is 582 g/mol. The van der Waals surface area contributed by atoms with Crippen molar-refractivity contribution in [2.24, 2.45) is 0 Å². The fourth-order valence-corrected chi connectivity index (χ4v) is 4.58. The summed E-state index contributed by atoms with van der Waals surface area (Å²) in [5.74, 6) is -0.632. The van der Waals surface area contributed by atoms with Crippen molar-refractivity contribution in [1.82, 2.24) is 0 Å². The smallest absolute Gasteiger partial charge is 0.412 e. The first-order chi connectivity index (χ1) is 16.8. The van der Waals surface area contributed by atoms with Crippen molar-refractivity contribution in [2.75, 3.05) is 5.32 Å². The summed E-state index contributed by atoms with van der Waals surface area (Å²) < 4.78 is 13.1. The quantitative estimate of drug-likeness (QED) is 0.214. The standard InChI is InChI=1S/C26H23Br2NO6/c27-17-15-20(24(32)21(28)16-17)25(35-26(33)29-18-9-3-1-4-10-18)22(13-7-8-14-23(30)31)34-19-11-5-2-6-12-19/h1-6,8-12,14-16,22,25,32H,7,13H2,(H,29,33)(H,30,31)/b14-8+/t22-,25-/m0/s1. The fraction of sp³-hybridized carbons (Fsp3) is 0.154. The van der Waals surface area contributed by atoms with Crippen molar-refractivity contribution in [1.29, 1.82) is 0 Å². The number of anilines is 1. The van der Waals surface area contributed by atoms with E-state index in [1.165, 1.54) is 6.08 Å². The minimum atomic E-state index is -1.06. The van der Waals surface area contributed by atoms with Crippen molar-refractivity contribution >= 4 is 49.6 Å². The summed E-state index contributed by atoms with van der Waals surface area (Å²) in [6.45, 7) is 0. The molecular formula is C26H23Br2NO6. The van der Waals surface area contributed by atoms with Gasteiger partial charge in [0.1, 0.15) is 17.6 Å². The molecule has 0 spiro atoms. The Morgan fingerprint density at radius 2 is 1.66 bits per heavy atom. The molecule has 2 atom stereocenters. The molecule has 3 aromatic rings. The number of hydrogen-bond donors (Lipinski definition) is 3. The number of carbonyl (C=O) groups is 2. The van der Waals surface area contributed by atoms with Crippen LogP contribution in [0.2, 0.25) is 0 Å². The summed E-state index contributed by atoms with van der Waals surface area (Å²) in [4.78, 5) is 23.8. The summed E-state index contributed by atoms with van der Waals surface area (Å²) in [6.07, 6.45) is 0.646. The number of hydrogen-bond acceptors (Lipinski definition) is 5. The van der Waals surface area contributed by atoms with Gasteiger partial charge in [-0.25, -0.2) is 9.59 Å². The zero-order valence-electron chi connectivity index (χ0n) is 18.4. The molecule has 7 nitrogen and oxygen atoms in total. The number of para-hydroxylation sites is 2. The number of aromatic hydroxyl groups is 1. The Morgan fingerprint density at radius 1 is 1.00 bits per heavy atom. The lowest BCUT2D eigenvalue weighted by Crippen LogP contribution is -2.31. The Labute approximate surface area is 219 Å². The number of amides is 1. The van der Waals surface area contributed by atoms with E-state index in [0.717, 1.165) is 6.08 Å². The third-order valence-electron chi connectivity index (χ3n) is 4.86. The van der Waals surface area contributed by atoms with E-state index in [1.54, 1.807) is 48.5 Å².